The van der Waals surface area contributed by atoms with E-state index in [1.165, 1.54) is 5.56 Å². The van der Waals surface area contributed by atoms with Crippen LogP contribution in [-0.4, -0.2) is 31.2 Å². The fraction of sp³-hybridized carbons (Fsp3) is 0.316. The molecule has 0 fully saturated rings. The van der Waals surface area contributed by atoms with Crippen LogP contribution in [0.25, 0.3) is 11.2 Å². The van der Waals surface area contributed by atoms with Gasteiger partial charge in [0.15, 0.2) is 17.0 Å². The Morgan fingerprint density at radius 2 is 1.81 bits per heavy atom. The Hall–Kier alpha value is -3.09. The van der Waals surface area contributed by atoms with Crippen LogP contribution < -0.4 is 10.5 Å². The topological polar surface area (TPSA) is 99.1 Å². The zero-order chi connectivity index (χ0) is 17.9. The van der Waals surface area contributed by atoms with Crippen LogP contribution in [0.15, 0.2) is 36.4 Å². The minimum absolute atomic E-state index is 0.136. The third kappa shape index (κ3) is 3.33. The van der Waals surface area contributed by atoms with Gasteiger partial charge >= 0.3 is 6.01 Å². The summed E-state index contributed by atoms with van der Waals surface area (Å²) >= 11 is 0. The van der Waals surface area contributed by atoms with Gasteiger partial charge in [0.1, 0.15) is 0 Å². The van der Waals surface area contributed by atoms with Crippen LogP contribution in [0.1, 0.15) is 30.4 Å². The molecule has 26 heavy (non-hydrogen) atoms. The predicted octanol–water partition coefficient (Wildman–Crippen LogP) is 2.82. The molecule has 3 aromatic rings. The molecule has 7 heteroatoms. The van der Waals surface area contributed by atoms with Crippen molar-refractivity contribution in [1.29, 1.82) is 0 Å². The third-order valence-electron chi connectivity index (χ3n) is 4.46. The van der Waals surface area contributed by atoms with E-state index in [1.807, 2.05) is 0 Å². The van der Waals surface area contributed by atoms with Gasteiger partial charge in [0.25, 0.3) is 6.01 Å². The lowest BCUT2D eigenvalue weighted by molar-refractivity contribution is 0.285. The summed E-state index contributed by atoms with van der Waals surface area (Å²) in [6, 6.07) is 8.38. The average molecular weight is 351 g/mol. The number of fused-ring (bicyclic) bond motifs is 8. The molecule has 0 amide bonds. The summed E-state index contributed by atoms with van der Waals surface area (Å²) in [6.07, 6.45) is 8.29. The van der Waals surface area contributed by atoms with Gasteiger partial charge in [0.05, 0.1) is 13.2 Å². The van der Waals surface area contributed by atoms with E-state index in [0.717, 1.165) is 31.2 Å². The first kappa shape index (κ1) is 16.4. The van der Waals surface area contributed by atoms with Gasteiger partial charge in [-0.3, -0.25) is 4.57 Å². The molecular weight excluding hydrogens is 330 g/mol. The SMILES string of the molecule is Nc1nc2nc3c1nc(O)n3Cc1ccc(cc1)C/C=C\CCCCO2. The first-order chi connectivity index (χ1) is 12.7. The van der Waals surface area contributed by atoms with Crippen LogP contribution in [0.5, 0.6) is 12.0 Å². The number of anilines is 1. The van der Waals surface area contributed by atoms with Crippen LogP contribution >= 0.6 is 0 Å². The molecule has 0 unspecified atom stereocenters. The lowest BCUT2D eigenvalue weighted by Gasteiger charge is -2.08. The number of imidazole rings is 1. The first-order valence-corrected chi connectivity index (χ1v) is 8.79. The number of nitrogens with zero attached hydrogens (tertiary/aromatic N) is 4. The molecule has 1 aromatic carbocycles. The van der Waals surface area contributed by atoms with Gasteiger partial charge < -0.3 is 15.6 Å². The lowest BCUT2D eigenvalue weighted by Crippen LogP contribution is -2.06. The molecule has 4 heterocycles. The number of hydrogen-bond donors (Lipinski definition) is 2. The maximum atomic E-state index is 10.3. The number of allylic oxidation sites excluding steroid dienone is 2. The number of rotatable bonds is 0. The molecule has 5 rings (SSSR count). The fourth-order valence-corrected chi connectivity index (χ4v) is 3.03. The molecule has 0 radical (unpaired) electrons. The molecule has 4 bridgehead atoms. The second-order valence-corrected chi connectivity index (χ2v) is 6.40. The first-order valence-electron chi connectivity index (χ1n) is 8.79. The normalized spacial score (nSPS) is 16.5. The number of ether oxygens (including phenoxy) is 1. The maximum Gasteiger partial charge on any atom is 0.320 e. The van der Waals surface area contributed by atoms with Crippen molar-refractivity contribution in [3.63, 3.8) is 0 Å². The van der Waals surface area contributed by atoms with E-state index >= 15 is 0 Å². The lowest BCUT2D eigenvalue weighted by atomic mass is 10.1. The highest BCUT2D eigenvalue weighted by molar-refractivity contribution is 5.83. The van der Waals surface area contributed by atoms with E-state index in [-0.39, 0.29) is 17.8 Å². The number of nitrogens with two attached hydrogens (primary N) is 1. The zero-order valence-corrected chi connectivity index (χ0v) is 14.4. The van der Waals surface area contributed by atoms with Crippen molar-refractivity contribution in [3.05, 3.63) is 47.5 Å². The summed E-state index contributed by atoms with van der Waals surface area (Å²) in [5, 5.41) is 10.3. The van der Waals surface area contributed by atoms with Crippen molar-refractivity contribution in [2.45, 2.75) is 32.2 Å². The van der Waals surface area contributed by atoms with Gasteiger partial charge in [0, 0.05) is 0 Å². The van der Waals surface area contributed by atoms with Crippen LogP contribution in [0.3, 0.4) is 0 Å². The highest BCUT2D eigenvalue weighted by atomic mass is 16.5. The number of benzene rings is 1. The smallest absolute Gasteiger partial charge is 0.320 e. The van der Waals surface area contributed by atoms with E-state index in [1.54, 1.807) is 4.57 Å². The van der Waals surface area contributed by atoms with Gasteiger partial charge in [-0.05, 0) is 36.8 Å². The second-order valence-electron chi connectivity index (χ2n) is 6.40. The minimum atomic E-state index is -0.136. The van der Waals surface area contributed by atoms with Gasteiger partial charge in [0.2, 0.25) is 0 Å². The highest BCUT2D eigenvalue weighted by Gasteiger charge is 2.17. The molecule has 0 saturated heterocycles. The number of hydrogen-bond acceptors (Lipinski definition) is 6. The summed E-state index contributed by atoms with van der Waals surface area (Å²) < 4.78 is 7.27. The van der Waals surface area contributed by atoms with Crippen molar-refractivity contribution in [2.24, 2.45) is 0 Å². The quantitative estimate of drug-likeness (QED) is 0.604. The monoisotopic (exact) mass is 351 g/mol. The van der Waals surface area contributed by atoms with E-state index in [4.69, 9.17) is 10.5 Å². The van der Waals surface area contributed by atoms with E-state index < -0.39 is 0 Å². The number of aromatic hydroxyl groups is 1. The Balaban J connectivity index is 1.76. The van der Waals surface area contributed by atoms with Crippen molar-refractivity contribution in [3.8, 4) is 12.0 Å². The second kappa shape index (κ2) is 7.03. The summed E-state index contributed by atoms with van der Waals surface area (Å²) in [5.74, 6) is 0.204. The largest absolute Gasteiger partial charge is 0.480 e. The number of aromatic nitrogens is 4. The highest BCUT2D eigenvalue weighted by Crippen LogP contribution is 2.26. The fourth-order valence-electron chi connectivity index (χ4n) is 3.03. The molecule has 2 aromatic heterocycles. The Morgan fingerprint density at radius 3 is 2.65 bits per heavy atom. The van der Waals surface area contributed by atoms with Crippen molar-refractivity contribution >= 4 is 17.0 Å². The average Bonchev–Trinajstić information content (AvgIpc) is 2.95. The molecule has 7 nitrogen and oxygen atoms in total. The molecule has 134 valence electrons. The van der Waals surface area contributed by atoms with E-state index in [2.05, 4.69) is 51.4 Å². The van der Waals surface area contributed by atoms with Gasteiger partial charge in [-0.15, -0.1) is 0 Å². The Morgan fingerprint density at radius 1 is 1.00 bits per heavy atom. The van der Waals surface area contributed by atoms with Gasteiger partial charge in [-0.25, -0.2) is 0 Å². The summed E-state index contributed by atoms with van der Waals surface area (Å²) in [7, 11) is 0. The Labute approximate surface area is 151 Å². The number of nitrogen functional groups attached to an aromatic ring is 1. The molecule has 2 aliphatic heterocycles. The maximum absolute atomic E-state index is 10.3. The van der Waals surface area contributed by atoms with Crippen molar-refractivity contribution < 1.29 is 9.84 Å². The third-order valence-corrected chi connectivity index (χ3v) is 4.46. The van der Waals surface area contributed by atoms with Gasteiger partial charge in [-0.1, -0.05) is 36.4 Å². The van der Waals surface area contributed by atoms with Crippen molar-refractivity contribution in [2.75, 3.05) is 12.3 Å². The zero-order valence-electron chi connectivity index (χ0n) is 14.4. The summed E-state index contributed by atoms with van der Waals surface area (Å²) in [4.78, 5) is 12.7. The predicted molar refractivity (Wildman–Crippen MR) is 99.1 cm³/mol. The van der Waals surface area contributed by atoms with Crippen LogP contribution in [0.2, 0.25) is 0 Å². The molecule has 3 N–H and O–H groups in total. The molecule has 0 aliphatic carbocycles. The van der Waals surface area contributed by atoms with Crippen molar-refractivity contribution in [1.82, 2.24) is 19.5 Å². The van der Waals surface area contributed by atoms with Crippen LogP contribution in [0, 0.1) is 0 Å². The summed E-state index contributed by atoms with van der Waals surface area (Å²) in [5.41, 5.74) is 9.13. The molecule has 2 aliphatic rings. The summed E-state index contributed by atoms with van der Waals surface area (Å²) in [6.45, 7) is 0.963. The molecule has 0 atom stereocenters. The molecular formula is C19H21N5O2. The van der Waals surface area contributed by atoms with E-state index in [0.29, 0.717) is 24.3 Å². The Bertz CT molecular complexity index is 947. The minimum Gasteiger partial charge on any atom is -0.480 e. The molecule has 0 saturated carbocycles. The van der Waals surface area contributed by atoms with Crippen LogP contribution in [-0.2, 0) is 13.0 Å². The van der Waals surface area contributed by atoms with E-state index in [9.17, 15) is 5.11 Å². The molecule has 0 spiro atoms. The van der Waals surface area contributed by atoms with Crippen LogP contribution in [0.4, 0.5) is 5.82 Å². The van der Waals surface area contributed by atoms with Gasteiger partial charge in [-0.2, -0.15) is 15.0 Å². The Kier molecular flexibility index (Phi) is 4.43. The standard InChI is InChI=1S/C19H21N5O2/c20-16-15-17-23-18(22-16)26-11-5-3-1-2-4-6-13-7-9-14(10-8-13)12-24(17)19(25)21-15/h2,4,7-10H,1,3,5-6,11-12H2,(H,21,25)(H2,20,22,23)/b4-2-.